The Morgan fingerprint density at radius 2 is 1.46 bits per heavy atom. The van der Waals surface area contributed by atoms with E-state index in [1.165, 1.54) is 6.92 Å². The van der Waals surface area contributed by atoms with Gasteiger partial charge in [-0.05, 0) is 45.7 Å². The molecule has 24 heavy (non-hydrogen) atoms. The lowest BCUT2D eigenvalue weighted by atomic mass is 9.92. The summed E-state index contributed by atoms with van der Waals surface area (Å²) in [5.41, 5.74) is 1.69. The van der Waals surface area contributed by atoms with Gasteiger partial charge < -0.3 is 4.74 Å². The van der Waals surface area contributed by atoms with Crippen LogP contribution in [0.15, 0.2) is 0 Å². The molecule has 1 aromatic carbocycles. The number of nitro groups is 2. The monoisotopic (exact) mass is 337 g/mol. The Bertz CT molecular complexity index is 613. The molecule has 0 bridgehead atoms. The lowest BCUT2D eigenvalue weighted by molar-refractivity contribution is -0.396. The predicted molar refractivity (Wildman–Crippen MR) is 89.5 cm³/mol. The fourth-order valence-electron chi connectivity index (χ4n) is 3.47. The van der Waals surface area contributed by atoms with E-state index in [1.54, 1.807) is 13.8 Å². The average Bonchev–Trinajstić information content (AvgIpc) is 2.50. The molecule has 8 heteroatoms. The molecule has 0 unspecified atom stereocenters. The quantitative estimate of drug-likeness (QED) is 0.584. The first-order chi connectivity index (χ1) is 11.3. The van der Waals surface area contributed by atoms with Gasteiger partial charge in [-0.3, -0.25) is 25.1 Å². The first kappa shape index (κ1) is 18.3. The summed E-state index contributed by atoms with van der Waals surface area (Å²) in [7, 11) is 0. The van der Waals surface area contributed by atoms with E-state index in [4.69, 9.17) is 4.74 Å². The van der Waals surface area contributed by atoms with E-state index in [1.807, 2.05) is 0 Å². The van der Waals surface area contributed by atoms with Crippen LogP contribution in [-0.4, -0.2) is 47.6 Å². The molecule has 0 aliphatic carbocycles. The van der Waals surface area contributed by atoms with Crippen molar-refractivity contribution in [1.82, 2.24) is 4.90 Å². The third-order valence-electron chi connectivity index (χ3n) is 4.70. The van der Waals surface area contributed by atoms with Gasteiger partial charge in [0.05, 0.1) is 23.1 Å². The van der Waals surface area contributed by atoms with Crippen LogP contribution in [0.5, 0.6) is 0 Å². The molecule has 0 aromatic heterocycles. The van der Waals surface area contributed by atoms with E-state index in [0.717, 1.165) is 44.8 Å². The Hall–Kier alpha value is -2.06. The predicted octanol–water partition coefficient (Wildman–Crippen LogP) is 2.69. The standard InChI is InChI=1S/C16H23N3O5/c1-11-14(5-4-6-17-7-9-24-10-8-17)12(2)16(19(22)23)13(3)15(11)18(20)21/h4-10H2,1-3H3. The molecule has 0 atom stereocenters. The zero-order chi connectivity index (χ0) is 17.9. The maximum atomic E-state index is 11.4. The first-order valence-electron chi connectivity index (χ1n) is 8.06. The Morgan fingerprint density at radius 3 is 1.92 bits per heavy atom. The number of benzene rings is 1. The van der Waals surface area contributed by atoms with Gasteiger partial charge in [0.25, 0.3) is 11.4 Å². The van der Waals surface area contributed by atoms with Gasteiger partial charge in [0, 0.05) is 24.2 Å². The highest BCUT2D eigenvalue weighted by Crippen LogP contribution is 2.37. The summed E-state index contributed by atoms with van der Waals surface area (Å²) >= 11 is 0. The minimum absolute atomic E-state index is 0.131. The molecule has 1 heterocycles. The number of hydrogen-bond donors (Lipinski definition) is 0. The van der Waals surface area contributed by atoms with Crippen molar-refractivity contribution in [3.63, 3.8) is 0 Å². The molecular weight excluding hydrogens is 314 g/mol. The summed E-state index contributed by atoms with van der Waals surface area (Å²) < 4.78 is 5.31. The van der Waals surface area contributed by atoms with Crippen LogP contribution in [0.3, 0.4) is 0 Å². The molecule has 1 aliphatic heterocycles. The third kappa shape index (κ3) is 3.70. The summed E-state index contributed by atoms with van der Waals surface area (Å²) in [4.78, 5) is 24.0. The summed E-state index contributed by atoms with van der Waals surface area (Å²) in [6, 6.07) is 0. The molecule has 8 nitrogen and oxygen atoms in total. The van der Waals surface area contributed by atoms with E-state index in [2.05, 4.69) is 4.90 Å². The average molecular weight is 337 g/mol. The van der Waals surface area contributed by atoms with E-state index in [0.29, 0.717) is 17.5 Å². The van der Waals surface area contributed by atoms with Crippen molar-refractivity contribution in [2.24, 2.45) is 0 Å². The SMILES string of the molecule is Cc1c(CCCN2CCOCC2)c(C)c([N+](=O)[O-])c(C)c1[N+](=O)[O-]. The van der Waals surface area contributed by atoms with Gasteiger partial charge in [0.15, 0.2) is 0 Å². The van der Waals surface area contributed by atoms with Gasteiger partial charge in [-0.1, -0.05) is 0 Å². The lowest BCUT2D eigenvalue weighted by Gasteiger charge is -2.26. The molecule has 1 aliphatic rings. The highest BCUT2D eigenvalue weighted by atomic mass is 16.6. The largest absolute Gasteiger partial charge is 0.379 e. The summed E-state index contributed by atoms with van der Waals surface area (Å²) in [6.07, 6.45) is 1.40. The Balaban J connectivity index is 2.27. The van der Waals surface area contributed by atoms with Gasteiger partial charge in [-0.15, -0.1) is 0 Å². The fourth-order valence-corrected chi connectivity index (χ4v) is 3.47. The van der Waals surface area contributed by atoms with E-state index < -0.39 is 9.85 Å². The highest BCUT2D eigenvalue weighted by molar-refractivity contribution is 5.65. The fraction of sp³-hybridized carbons (Fsp3) is 0.625. The van der Waals surface area contributed by atoms with Crippen molar-refractivity contribution in [3.8, 4) is 0 Å². The highest BCUT2D eigenvalue weighted by Gasteiger charge is 2.30. The van der Waals surface area contributed by atoms with Gasteiger partial charge in [-0.2, -0.15) is 0 Å². The molecular formula is C16H23N3O5. The van der Waals surface area contributed by atoms with Crippen LogP contribution in [0.2, 0.25) is 0 Å². The zero-order valence-electron chi connectivity index (χ0n) is 14.3. The number of morpholine rings is 1. The maximum absolute atomic E-state index is 11.4. The zero-order valence-corrected chi connectivity index (χ0v) is 14.3. The molecule has 0 amide bonds. The second-order valence-corrected chi connectivity index (χ2v) is 6.12. The van der Waals surface area contributed by atoms with E-state index in [-0.39, 0.29) is 16.9 Å². The molecule has 132 valence electrons. The number of ether oxygens (including phenoxy) is 1. The number of hydrogen-bond acceptors (Lipinski definition) is 6. The van der Waals surface area contributed by atoms with Gasteiger partial charge >= 0.3 is 0 Å². The smallest absolute Gasteiger partial charge is 0.282 e. The van der Waals surface area contributed by atoms with Crippen LogP contribution in [0.4, 0.5) is 11.4 Å². The molecule has 0 spiro atoms. The molecule has 1 fully saturated rings. The van der Waals surface area contributed by atoms with Crippen molar-refractivity contribution in [2.75, 3.05) is 32.8 Å². The van der Waals surface area contributed by atoms with Crippen LogP contribution < -0.4 is 0 Å². The summed E-state index contributed by atoms with van der Waals surface area (Å²) in [5, 5.41) is 22.7. The first-order valence-corrected chi connectivity index (χ1v) is 8.06. The van der Waals surface area contributed by atoms with Crippen LogP contribution >= 0.6 is 0 Å². The maximum Gasteiger partial charge on any atom is 0.282 e. The van der Waals surface area contributed by atoms with Crippen LogP contribution in [0.25, 0.3) is 0 Å². The Morgan fingerprint density at radius 1 is 0.958 bits per heavy atom. The minimum atomic E-state index is -0.511. The molecule has 0 saturated carbocycles. The second kappa shape index (κ2) is 7.67. The van der Waals surface area contributed by atoms with Crippen LogP contribution in [0, 0.1) is 41.0 Å². The number of nitrogens with zero attached hydrogens (tertiary/aromatic N) is 3. The molecule has 1 saturated heterocycles. The Kier molecular flexibility index (Phi) is 5.84. The van der Waals surface area contributed by atoms with Crippen LogP contribution in [-0.2, 0) is 11.2 Å². The molecule has 0 N–H and O–H groups in total. The van der Waals surface area contributed by atoms with E-state index in [9.17, 15) is 20.2 Å². The molecule has 1 aromatic rings. The third-order valence-corrected chi connectivity index (χ3v) is 4.70. The lowest BCUT2D eigenvalue weighted by Crippen LogP contribution is -2.37. The topological polar surface area (TPSA) is 98.8 Å². The minimum Gasteiger partial charge on any atom is -0.379 e. The van der Waals surface area contributed by atoms with Gasteiger partial charge in [-0.25, -0.2) is 0 Å². The summed E-state index contributed by atoms with van der Waals surface area (Å²) in [6.45, 7) is 8.89. The van der Waals surface area contributed by atoms with Crippen molar-refractivity contribution in [3.05, 3.63) is 42.5 Å². The van der Waals surface area contributed by atoms with E-state index >= 15 is 0 Å². The van der Waals surface area contributed by atoms with Crippen molar-refractivity contribution in [2.45, 2.75) is 33.6 Å². The van der Waals surface area contributed by atoms with Crippen molar-refractivity contribution >= 4 is 11.4 Å². The second-order valence-electron chi connectivity index (χ2n) is 6.12. The van der Waals surface area contributed by atoms with Crippen molar-refractivity contribution in [1.29, 1.82) is 0 Å². The van der Waals surface area contributed by atoms with Gasteiger partial charge in [0.1, 0.15) is 5.56 Å². The Labute approximate surface area is 140 Å². The summed E-state index contributed by atoms with van der Waals surface area (Å²) in [5.74, 6) is 0. The number of rotatable bonds is 6. The normalized spacial score (nSPS) is 15.5. The van der Waals surface area contributed by atoms with Crippen LogP contribution in [0.1, 0.15) is 28.7 Å². The molecule has 2 rings (SSSR count). The number of nitro benzene ring substituents is 2. The van der Waals surface area contributed by atoms with Crippen molar-refractivity contribution < 1.29 is 14.6 Å². The molecule has 0 radical (unpaired) electrons. The van der Waals surface area contributed by atoms with Gasteiger partial charge in [0.2, 0.25) is 0 Å².